The lowest BCUT2D eigenvalue weighted by Gasteiger charge is -2.30. The highest BCUT2D eigenvalue weighted by molar-refractivity contribution is 5.80. The van der Waals surface area contributed by atoms with Crippen molar-refractivity contribution in [3.05, 3.63) is 0 Å². The van der Waals surface area contributed by atoms with Gasteiger partial charge < -0.3 is 20.2 Å². The van der Waals surface area contributed by atoms with Crippen LogP contribution in [0.3, 0.4) is 0 Å². The number of hydrogen-bond donors (Lipinski definition) is 2. The molecule has 19 heavy (non-hydrogen) atoms. The summed E-state index contributed by atoms with van der Waals surface area (Å²) in [6, 6.07) is -0.309. The van der Waals surface area contributed by atoms with Crippen LogP contribution in [0.15, 0.2) is 0 Å². The summed E-state index contributed by atoms with van der Waals surface area (Å²) in [5.41, 5.74) is -0.0553. The third-order valence-electron chi connectivity index (χ3n) is 2.57. The lowest BCUT2D eigenvalue weighted by Crippen LogP contribution is -2.47. The number of nitrogens with zero attached hydrogens (tertiary/aromatic N) is 2. The molecule has 0 fully saturated rings. The van der Waals surface area contributed by atoms with Gasteiger partial charge in [-0.05, 0) is 25.9 Å². The third kappa shape index (κ3) is 8.42. The molecular formula is C13H27N3O3. The van der Waals surface area contributed by atoms with Gasteiger partial charge in [0.05, 0.1) is 0 Å². The highest BCUT2D eigenvalue weighted by Gasteiger charge is 2.22. The molecule has 0 bridgehead atoms. The maximum Gasteiger partial charge on any atom is 0.323 e. The van der Waals surface area contributed by atoms with Crippen LogP contribution in [-0.2, 0) is 4.79 Å². The number of carbonyl (C=O) groups excluding carboxylic acids is 1. The minimum Gasteiger partial charge on any atom is -0.480 e. The number of rotatable bonds is 8. The summed E-state index contributed by atoms with van der Waals surface area (Å²) in [6.45, 7) is 7.60. The average Bonchev–Trinajstić information content (AvgIpc) is 2.23. The summed E-state index contributed by atoms with van der Waals surface area (Å²) in [5.74, 6) is -0.990. The topological polar surface area (TPSA) is 72.9 Å². The summed E-state index contributed by atoms with van der Waals surface area (Å²) in [7, 11) is 3.97. The molecule has 0 aromatic rings. The summed E-state index contributed by atoms with van der Waals surface area (Å²) < 4.78 is 0. The van der Waals surface area contributed by atoms with Crippen molar-refractivity contribution in [3.8, 4) is 0 Å². The molecule has 0 radical (unpaired) electrons. The average molecular weight is 273 g/mol. The first-order valence-corrected chi connectivity index (χ1v) is 6.57. The van der Waals surface area contributed by atoms with Gasteiger partial charge in [0.2, 0.25) is 0 Å². The zero-order chi connectivity index (χ0) is 15.1. The number of aliphatic carboxylic acids is 1. The first-order valence-electron chi connectivity index (χ1n) is 6.57. The van der Waals surface area contributed by atoms with Crippen LogP contribution in [-0.4, -0.2) is 67.2 Å². The second-order valence-electron chi connectivity index (χ2n) is 5.88. The summed E-state index contributed by atoms with van der Waals surface area (Å²) in [6.07, 6.45) is 0.738. The van der Waals surface area contributed by atoms with Crippen LogP contribution in [0.4, 0.5) is 4.79 Å². The summed E-state index contributed by atoms with van der Waals surface area (Å²) in [5, 5.41) is 11.6. The normalized spacial score (nSPS) is 11.5. The van der Waals surface area contributed by atoms with E-state index in [9.17, 15) is 9.59 Å². The fourth-order valence-corrected chi connectivity index (χ4v) is 2.02. The van der Waals surface area contributed by atoms with Crippen LogP contribution in [0.5, 0.6) is 0 Å². The Morgan fingerprint density at radius 1 is 1.26 bits per heavy atom. The maximum absolute atomic E-state index is 11.9. The SMILES string of the molecule is CCCN(CC(=O)O)C(=O)NCC(C)(C)CN(C)C. The van der Waals surface area contributed by atoms with Crippen molar-refractivity contribution in [1.82, 2.24) is 15.1 Å². The van der Waals surface area contributed by atoms with E-state index in [4.69, 9.17) is 5.11 Å². The Labute approximate surface area is 115 Å². The first-order chi connectivity index (χ1) is 8.68. The lowest BCUT2D eigenvalue weighted by molar-refractivity contribution is -0.137. The van der Waals surface area contributed by atoms with Crippen LogP contribution in [0.1, 0.15) is 27.2 Å². The quantitative estimate of drug-likeness (QED) is 0.694. The molecule has 2 amide bonds. The molecule has 0 rings (SSSR count). The van der Waals surface area contributed by atoms with Gasteiger partial charge in [0, 0.05) is 19.6 Å². The van der Waals surface area contributed by atoms with E-state index in [1.54, 1.807) is 0 Å². The fraction of sp³-hybridized carbons (Fsp3) is 0.846. The van der Waals surface area contributed by atoms with E-state index in [0.29, 0.717) is 13.1 Å². The molecule has 0 spiro atoms. The standard InChI is InChI=1S/C13H27N3O3/c1-6-7-16(8-11(17)18)12(19)14-9-13(2,3)10-15(4)5/h6-10H2,1-5H3,(H,14,19)(H,17,18). The number of amides is 2. The second kappa shape index (κ2) is 7.99. The highest BCUT2D eigenvalue weighted by Crippen LogP contribution is 2.14. The molecule has 2 N–H and O–H groups in total. The Balaban J connectivity index is 4.35. The number of carboxylic acid groups (broad SMARTS) is 1. The fourth-order valence-electron chi connectivity index (χ4n) is 2.02. The smallest absolute Gasteiger partial charge is 0.323 e. The molecular weight excluding hydrogens is 246 g/mol. The predicted molar refractivity (Wildman–Crippen MR) is 75.2 cm³/mol. The molecule has 0 unspecified atom stereocenters. The molecule has 0 saturated carbocycles. The van der Waals surface area contributed by atoms with Crippen molar-refractivity contribution in [3.63, 3.8) is 0 Å². The van der Waals surface area contributed by atoms with Crippen molar-refractivity contribution in [2.75, 3.05) is 40.3 Å². The van der Waals surface area contributed by atoms with Crippen LogP contribution in [0.25, 0.3) is 0 Å². The van der Waals surface area contributed by atoms with Crippen LogP contribution >= 0.6 is 0 Å². The summed E-state index contributed by atoms with van der Waals surface area (Å²) in [4.78, 5) is 26.0. The van der Waals surface area contributed by atoms with Crippen molar-refractivity contribution < 1.29 is 14.7 Å². The van der Waals surface area contributed by atoms with Gasteiger partial charge in [-0.1, -0.05) is 20.8 Å². The molecule has 0 aliphatic heterocycles. The number of carboxylic acids is 1. The molecule has 0 heterocycles. The van der Waals surface area contributed by atoms with Gasteiger partial charge >= 0.3 is 12.0 Å². The second-order valence-corrected chi connectivity index (χ2v) is 5.88. The molecule has 0 aromatic heterocycles. The summed E-state index contributed by atoms with van der Waals surface area (Å²) >= 11 is 0. The Morgan fingerprint density at radius 2 is 1.84 bits per heavy atom. The lowest BCUT2D eigenvalue weighted by atomic mass is 9.93. The van der Waals surface area contributed by atoms with Crippen molar-refractivity contribution in [2.45, 2.75) is 27.2 Å². The molecule has 0 aliphatic rings. The van der Waals surface area contributed by atoms with E-state index >= 15 is 0 Å². The molecule has 6 heteroatoms. The van der Waals surface area contributed by atoms with Gasteiger partial charge in [0.1, 0.15) is 6.54 Å². The molecule has 0 atom stereocenters. The van der Waals surface area contributed by atoms with Crippen molar-refractivity contribution in [1.29, 1.82) is 0 Å². The number of nitrogens with one attached hydrogen (secondary N) is 1. The van der Waals surface area contributed by atoms with Crippen molar-refractivity contribution in [2.24, 2.45) is 5.41 Å². The van der Waals surface area contributed by atoms with Crippen LogP contribution in [0.2, 0.25) is 0 Å². The van der Waals surface area contributed by atoms with E-state index < -0.39 is 5.97 Å². The molecule has 0 aromatic carbocycles. The monoisotopic (exact) mass is 273 g/mol. The zero-order valence-corrected chi connectivity index (χ0v) is 12.7. The maximum atomic E-state index is 11.9. The number of carbonyl (C=O) groups is 2. The first kappa shape index (κ1) is 17.7. The van der Waals surface area contributed by atoms with Gasteiger partial charge in [0.15, 0.2) is 0 Å². The molecule has 0 saturated heterocycles. The third-order valence-corrected chi connectivity index (χ3v) is 2.57. The number of urea groups is 1. The highest BCUT2D eigenvalue weighted by atomic mass is 16.4. The van der Waals surface area contributed by atoms with E-state index in [1.807, 2.05) is 21.0 Å². The predicted octanol–water partition coefficient (Wildman–Crippen LogP) is 1.08. The zero-order valence-electron chi connectivity index (χ0n) is 12.7. The minimum atomic E-state index is -0.990. The van der Waals surface area contributed by atoms with E-state index in [-0.39, 0.29) is 18.0 Å². The Kier molecular flexibility index (Phi) is 7.44. The Bertz CT molecular complexity index is 304. The largest absolute Gasteiger partial charge is 0.480 e. The van der Waals surface area contributed by atoms with E-state index in [2.05, 4.69) is 24.1 Å². The van der Waals surface area contributed by atoms with Gasteiger partial charge in [-0.3, -0.25) is 4.79 Å². The van der Waals surface area contributed by atoms with E-state index in [1.165, 1.54) is 4.90 Å². The van der Waals surface area contributed by atoms with Crippen LogP contribution < -0.4 is 5.32 Å². The molecule has 112 valence electrons. The van der Waals surface area contributed by atoms with Gasteiger partial charge in [0.25, 0.3) is 0 Å². The van der Waals surface area contributed by atoms with Crippen molar-refractivity contribution >= 4 is 12.0 Å². The minimum absolute atomic E-state index is 0.0553. The number of hydrogen-bond acceptors (Lipinski definition) is 3. The van der Waals surface area contributed by atoms with E-state index in [0.717, 1.165) is 13.0 Å². The molecule has 6 nitrogen and oxygen atoms in total. The van der Waals surface area contributed by atoms with Gasteiger partial charge in [-0.15, -0.1) is 0 Å². The Morgan fingerprint density at radius 3 is 2.26 bits per heavy atom. The van der Waals surface area contributed by atoms with Gasteiger partial charge in [-0.2, -0.15) is 0 Å². The Hall–Kier alpha value is -1.30. The molecule has 0 aliphatic carbocycles. The van der Waals surface area contributed by atoms with Crippen LogP contribution in [0, 0.1) is 5.41 Å². The van der Waals surface area contributed by atoms with Gasteiger partial charge in [-0.25, -0.2) is 4.79 Å².